The van der Waals surface area contributed by atoms with Crippen molar-refractivity contribution in [1.29, 1.82) is 0 Å². The normalized spacial score (nSPS) is 11.5. The molecule has 0 unspecified atom stereocenters. The summed E-state index contributed by atoms with van der Waals surface area (Å²) in [6.45, 7) is -1.41. The Balaban J connectivity index is 1.73. The molecule has 1 N–H and O–H groups in total. The number of alkyl halides is 3. The fraction of sp³-hybridized carbons (Fsp3) is 0.235. The average Bonchev–Trinajstić information content (AvgIpc) is 2.94. The molecule has 3 aromatic rings. The van der Waals surface area contributed by atoms with Crippen molar-refractivity contribution in [2.24, 2.45) is 7.05 Å². The topological polar surface area (TPSA) is 69.0 Å². The minimum atomic E-state index is -4.52. The minimum Gasteiger partial charge on any atom is -0.467 e. The van der Waals surface area contributed by atoms with Crippen LogP contribution in [0.1, 0.15) is 16.2 Å². The van der Waals surface area contributed by atoms with Gasteiger partial charge in [0, 0.05) is 13.2 Å². The third-order valence-corrected chi connectivity index (χ3v) is 3.68. The van der Waals surface area contributed by atoms with Crippen molar-refractivity contribution in [2.45, 2.75) is 12.7 Å². The van der Waals surface area contributed by atoms with E-state index in [1.807, 2.05) is 35.9 Å². The van der Waals surface area contributed by atoms with E-state index >= 15 is 0 Å². The Morgan fingerprint density at radius 1 is 1.23 bits per heavy atom. The van der Waals surface area contributed by atoms with E-state index in [1.54, 1.807) is 0 Å². The van der Waals surface area contributed by atoms with Gasteiger partial charge in [0.15, 0.2) is 6.61 Å². The monoisotopic (exact) mass is 364 g/mol. The number of aryl methyl sites for hydroxylation is 1. The van der Waals surface area contributed by atoms with Gasteiger partial charge in [-0.15, -0.1) is 0 Å². The van der Waals surface area contributed by atoms with Crippen molar-refractivity contribution >= 4 is 16.9 Å². The lowest BCUT2D eigenvalue weighted by molar-refractivity contribution is -0.154. The number of hydrogen-bond donors (Lipinski definition) is 1. The van der Waals surface area contributed by atoms with Crippen LogP contribution < -0.4 is 10.1 Å². The summed E-state index contributed by atoms with van der Waals surface area (Å²) in [6.07, 6.45) is -3.26. The number of fused-ring (bicyclic) bond motifs is 1. The lowest BCUT2D eigenvalue weighted by Crippen LogP contribution is -2.26. The second-order valence-electron chi connectivity index (χ2n) is 5.52. The summed E-state index contributed by atoms with van der Waals surface area (Å²) in [7, 11) is 1.82. The van der Waals surface area contributed by atoms with Crippen molar-refractivity contribution in [2.75, 3.05) is 6.61 Å². The second-order valence-corrected chi connectivity index (χ2v) is 5.52. The molecule has 0 spiro atoms. The van der Waals surface area contributed by atoms with Crippen LogP contribution in [0.4, 0.5) is 13.2 Å². The lowest BCUT2D eigenvalue weighted by Gasteiger charge is -2.12. The summed E-state index contributed by atoms with van der Waals surface area (Å²) >= 11 is 0. The number of rotatable bonds is 5. The molecule has 1 amide bonds. The van der Waals surface area contributed by atoms with E-state index in [-0.39, 0.29) is 18.0 Å². The molecule has 0 atom stereocenters. The van der Waals surface area contributed by atoms with Gasteiger partial charge in [-0.3, -0.25) is 4.79 Å². The van der Waals surface area contributed by atoms with E-state index in [1.165, 1.54) is 18.3 Å². The second kappa shape index (κ2) is 7.03. The molecular weight excluding hydrogens is 349 g/mol. The quantitative estimate of drug-likeness (QED) is 0.756. The molecule has 0 aliphatic carbocycles. The molecule has 0 fully saturated rings. The van der Waals surface area contributed by atoms with Gasteiger partial charge in [0.2, 0.25) is 5.88 Å². The van der Waals surface area contributed by atoms with E-state index in [2.05, 4.69) is 20.0 Å². The number of para-hydroxylation sites is 2. The first kappa shape index (κ1) is 17.7. The van der Waals surface area contributed by atoms with Gasteiger partial charge in [-0.1, -0.05) is 12.1 Å². The van der Waals surface area contributed by atoms with Gasteiger partial charge in [-0.2, -0.15) is 13.2 Å². The van der Waals surface area contributed by atoms with E-state index in [0.29, 0.717) is 5.82 Å². The number of imidazole rings is 1. The fourth-order valence-electron chi connectivity index (χ4n) is 2.44. The maximum absolute atomic E-state index is 12.3. The number of carbonyl (C=O) groups is 1. The zero-order valence-electron chi connectivity index (χ0n) is 13.7. The maximum Gasteiger partial charge on any atom is 0.422 e. The van der Waals surface area contributed by atoms with Crippen LogP contribution >= 0.6 is 0 Å². The molecule has 0 bridgehead atoms. The number of hydrogen-bond acceptors (Lipinski definition) is 4. The van der Waals surface area contributed by atoms with Crippen LogP contribution in [-0.4, -0.2) is 33.2 Å². The zero-order chi connectivity index (χ0) is 18.7. The number of ether oxygens (including phenoxy) is 1. The summed E-state index contributed by atoms with van der Waals surface area (Å²) in [5.41, 5.74) is 1.62. The minimum absolute atomic E-state index is 0.0736. The third kappa shape index (κ3) is 3.93. The molecule has 0 radical (unpaired) electrons. The van der Waals surface area contributed by atoms with Crippen LogP contribution in [0.2, 0.25) is 0 Å². The van der Waals surface area contributed by atoms with Crippen molar-refractivity contribution in [3.8, 4) is 5.88 Å². The Labute approximate surface area is 146 Å². The Kier molecular flexibility index (Phi) is 4.79. The Bertz CT molecular complexity index is 937. The van der Waals surface area contributed by atoms with Crippen LogP contribution in [0.15, 0.2) is 42.6 Å². The molecule has 0 aliphatic rings. The maximum atomic E-state index is 12.3. The highest BCUT2D eigenvalue weighted by molar-refractivity contribution is 5.96. The van der Waals surface area contributed by atoms with E-state index < -0.39 is 18.7 Å². The summed E-state index contributed by atoms with van der Waals surface area (Å²) in [5, 5.41) is 2.63. The molecular formula is C17H15F3N4O2. The Morgan fingerprint density at radius 3 is 2.73 bits per heavy atom. The van der Waals surface area contributed by atoms with E-state index in [4.69, 9.17) is 0 Å². The standard InChI is InChI=1S/C17H15F3N4O2/c1-24-13-7-3-2-6-12(13)23-14(24)9-22-15(25)11-5-4-8-21-16(11)26-10-17(18,19)20/h2-8H,9-10H2,1H3,(H,22,25). The van der Waals surface area contributed by atoms with Gasteiger partial charge in [-0.05, 0) is 24.3 Å². The third-order valence-electron chi connectivity index (χ3n) is 3.68. The van der Waals surface area contributed by atoms with Crippen molar-refractivity contribution < 1.29 is 22.7 Å². The molecule has 3 rings (SSSR count). The largest absolute Gasteiger partial charge is 0.467 e. The summed E-state index contributed by atoms with van der Waals surface area (Å²) in [5.74, 6) is -0.351. The van der Waals surface area contributed by atoms with Crippen LogP contribution in [0, 0.1) is 0 Å². The number of carbonyl (C=O) groups excluding carboxylic acids is 1. The first-order valence-corrected chi connectivity index (χ1v) is 7.68. The Hall–Kier alpha value is -3.10. The first-order chi connectivity index (χ1) is 12.3. The number of nitrogens with one attached hydrogen (secondary N) is 1. The zero-order valence-corrected chi connectivity index (χ0v) is 13.7. The SMILES string of the molecule is Cn1c(CNC(=O)c2cccnc2OCC(F)(F)F)nc2ccccc21. The van der Waals surface area contributed by atoms with Gasteiger partial charge in [0.05, 0.1) is 17.6 Å². The lowest BCUT2D eigenvalue weighted by atomic mass is 10.2. The Morgan fingerprint density at radius 2 is 2.00 bits per heavy atom. The smallest absolute Gasteiger partial charge is 0.422 e. The average molecular weight is 364 g/mol. The van der Waals surface area contributed by atoms with Crippen LogP contribution in [0.3, 0.4) is 0 Å². The van der Waals surface area contributed by atoms with Gasteiger partial charge >= 0.3 is 6.18 Å². The number of aromatic nitrogens is 3. The highest BCUT2D eigenvalue weighted by Gasteiger charge is 2.29. The number of amides is 1. The van der Waals surface area contributed by atoms with Crippen LogP contribution in [0.25, 0.3) is 11.0 Å². The molecule has 26 heavy (non-hydrogen) atoms. The molecule has 136 valence electrons. The van der Waals surface area contributed by atoms with Gasteiger partial charge in [0.1, 0.15) is 11.4 Å². The number of nitrogens with zero attached hydrogens (tertiary/aromatic N) is 3. The number of pyridine rings is 1. The van der Waals surface area contributed by atoms with E-state index in [9.17, 15) is 18.0 Å². The van der Waals surface area contributed by atoms with Crippen molar-refractivity contribution in [1.82, 2.24) is 19.9 Å². The predicted molar refractivity (Wildman–Crippen MR) is 87.7 cm³/mol. The van der Waals surface area contributed by atoms with Crippen molar-refractivity contribution in [3.63, 3.8) is 0 Å². The van der Waals surface area contributed by atoms with Gasteiger partial charge in [-0.25, -0.2) is 9.97 Å². The van der Waals surface area contributed by atoms with Gasteiger partial charge in [0.25, 0.3) is 5.91 Å². The fourth-order valence-corrected chi connectivity index (χ4v) is 2.44. The predicted octanol–water partition coefficient (Wildman–Crippen LogP) is 2.84. The summed E-state index contributed by atoms with van der Waals surface area (Å²) in [4.78, 5) is 20.5. The molecule has 9 heteroatoms. The van der Waals surface area contributed by atoms with Crippen LogP contribution in [-0.2, 0) is 13.6 Å². The molecule has 0 saturated carbocycles. The highest BCUT2D eigenvalue weighted by atomic mass is 19.4. The first-order valence-electron chi connectivity index (χ1n) is 7.68. The summed E-state index contributed by atoms with van der Waals surface area (Å²) in [6, 6.07) is 10.3. The molecule has 1 aromatic carbocycles. The molecule has 6 nitrogen and oxygen atoms in total. The number of halogens is 3. The van der Waals surface area contributed by atoms with Crippen LogP contribution in [0.5, 0.6) is 5.88 Å². The molecule has 2 heterocycles. The molecule has 2 aromatic heterocycles. The number of benzene rings is 1. The van der Waals surface area contributed by atoms with Crippen molar-refractivity contribution in [3.05, 3.63) is 54.0 Å². The summed E-state index contributed by atoms with van der Waals surface area (Å²) < 4.78 is 43.4. The molecule has 0 aliphatic heterocycles. The van der Waals surface area contributed by atoms with Gasteiger partial charge < -0.3 is 14.6 Å². The molecule has 0 saturated heterocycles. The highest BCUT2D eigenvalue weighted by Crippen LogP contribution is 2.20. The van der Waals surface area contributed by atoms with E-state index in [0.717, 1.165) is 11.0 Å².